The zero-order valence-electron chi connectivity index (χ0n) is 17.0. The van der Waals surface area contributed by atoms with E-state index in [9.17, 15) is 22.8 Å². The van der Waals surface area contributed by atoms with Gasteiger partial charge in [0.15, 0.2) is 0 Å². The van der Waals surface area contributed by atoms with E-state index in [1.165, 1.54) is 23.9 Å². The summed E-state index contributed by atoms with van der Waals surface area (Å²) in [6.45, 7) is 1.95. The maximum atomic E-state index is 13.0. The highest BCUT2D eigenvalue weighted by molar-refractivity contribution is 8.00. The molecule has 0 aromatic heterocycles. The Kier molecular flexibility index (Phi) is 5.97. The van der Waals surface area contributed by atoms with Crippen LogP contribution in [0.3, 0.4) is 0 Å². The summed E-state index contributed by atoms with van der Waals surface area (Å²) < 4.78 is 38.9. The van der Waals surface area contributed by atoms with Crippen molar-refractivity contribution in [2.45, 2.75) is 18.5 Å². The molecule has 0 radical (unpaired) electrons. The van der Waals surface area contributed by atoms with Crippen LogP contribution in [-0.4, -0.2) is 17.6 Å². The largest absolute Gasteiger partial charge is 0.416 e. The lowest BCUT2D eigenvalue weighted by atomic mass is 10.1. The van der Waals surface area contributed by atoms with Crippen molar-refractivity contribution in [2.75, 3.05) is 16.0 Å². The molecule has 1 aliphatic rings. The Morgan fingerprint density at radius 1 is 1.03 bits per heavy atom. The van der Waals surface area contributed by atoms with E-state index in [0.29, 0.717) is 11.4 Å². The molecule has 8 heteroatoms. The Labute approximate surface area is 187 Å². The molecule has 0 spiro atoms. The maximum Gasteiger partial charge on any atom is 0.416 e. The molecule has 3 aromatic carbocycles. The standard InChI is InChI=1S/C24H19F3N2O2S/c1-15-5-2-10-20(11-15)29-21(30)14-32-23(29)17-7-4-9-19(13-17)28-22(31)16-6-3-8-18(12-16)24(25,26)27/h2-13,23H,14H2,1H3,(H,28,31)/t23-/m0/s1. The maximum absolute atomic E-state index is 13.0. The van der Waals surface area contributed by atoms with E-state index < -0.39 is 17.6 Å². The van der Waals surface area contributed by atoms with Crippen molar-refractivity contribution in [3.8, 4) is 0 Å². The number of hydrogen-bond donors (Lipinski definition) is 1. The highest BCUT2D eigenvalue weighted by Gasteiger charge is 2.34. The lowest BCUT2D eigenvalue weighted by molar-refractivity contribution is -0.137. The van der Waals surface area contributed by atoms with E-state index in [4.69, 9.17) is 0 Å². The number of aryl methyl sites for hydroxylation is 1. The Morgan fingerprint density at radius 3 is 2.53 bits per heavy atom. The quantitative estimate of drug-likeness (QED) is 0.520. The Balaban J connectivity index is 1.57. The van der Waals surface area contributed by atoms with Crippen molar-refractivity contribution in [3.63, 3.8) is 0 Å². The number of carbonyl (C=O) groups excluding carboxylic acids is 2. The van der Waals surface area contributed by atoms with Crippen LogP contribution in [0.15, 0.2) is 72.8 Å². The lowest BCUT2D eigenvalue weighted by Crippen LogP contribution is -2.27. The Morgan fingerprint density at radius 2 is 1.78 bits per heavy atom. The molecular weight excluding hydrogens is 437 g/mol. The predicted octanol–water partition coefficient (Wildman–Crippen LogP) is 6.04. The normalized spacial score (nSPS) is 16.3. The van der Waals surface area contributed by atoms with Crippen molar-refractivity contribution in [3.05, 3.63) is 95.1 Å². The summed E-state index contributed by atoms with van der Waals surface area (Å²) in [6.07, 6.45) is -4.53. The molecule has 0 saturated carbocycles. The smallest absolute Gasteiger partial charge is 0.322 e. The molecule has 164 valence electrons. The average molecular weight is 456 g/mol. The van der Waals surface area contributed by atoms with Crippen LogP contribution in [0.2, 0.25) is 0 Å². The SMILES string of the molecule is Cc1cccc(N2C(=O)CS[C@H]2c2cccc(NC(=O)c3cccc(C(F)(F)F)c3)c2)c1. The Bertz CT molecular complexity index is 1180. The van der Waals surface area contributed by atoms with Gasteiger partial charge in [-0.15, -0.1) is 11.8 Å². The molecule has 1 saturated heterocycles. The minimum atomic E-state index is -4.53. The number of amides is 2. The van der Waals surface area contributed by atoms with Crippen LogP contribution in [0.25, 0.3) is 0 Å². The molecule has 4 nitrogen and oxygen atoms in total. The lowest BCUT2D eigenvalue weighted by Gasteiger charge is -2.25. The first kappa shape index (κ1) is 22.0. The van der Waals surface area contributed by atoms with Crippen molar-refractivity contribution in [2.24, 2.45) is 0 Å². The summed E-state index contributed by atoms with van der Waals surface area (Å²) in [7, 11) is 0. The number of nitrogens with one attached hydrogen (secondary N) is 1. The number of halogens is 3. The number of nitrogens with zero attached hydrogens (tertiary/aromatic N) is 1. The van der Waals surface area contributed by atoms with Gasteiger partial charge in [0.05, 0.1) is 11.3 Å². The van der Waals surface area contributed by atoms with Crippen LogP contribution in [0.1, 0.15) is 32.4 Å². The number of rotatable bonds is 4. The van der Waals surface area contributed by atoms with E-state index in [0.717, 1.165) is 28.9 Å². The van der Waals surface area contributed by atoms with Gasteiger partial charge in [-0.25, -0.2) is 0 Å². The van der Waals surface area contributed by atoms with Crippen molar-refractivity contribution in [1.29, 1.82) is 0 Å². The first-order valence-corrected chi connectivity index (χ1v) is 10.9. The molecule has 2 amide bonds. The van der Waals surface area contributed by atoms with E-state index in [2.05, 4.69) is 5.32 Å². The number of carbonyl (C=O) groups is 2. The fraction of sp³-hybridized carbons (Fsp3) is 0.167. The van der Waals surface area contributed by atoms with Gasteiger partial charge < -0.3 is 5.32 Å². The zero-order valence-corrected chi connectivity index (χ0v) is 17.8. The topological polar surface area (TPSA) is 49.4 Å². The molecule has 0 bridgehead atoms. The van der Waals surface area contributed by atoms with Gasteiger partial charge in [0, 0.05) is 16.9 Å². The van der Waals surface area contributed by atoms with Crippen LogP contribution in [0.4, 0.5) is 24.5 Å². The minimum Gasteiger partial charge on any atom is -0.322 e. The van der Waals surface area contributed by atoms with E-state index in [1.807, 2.05) is 37.3 Å². The van der Waals surface area contributed by atoms with Gasteiger partial charge in [-0.3, -0.25) is 14.5 Å². The summed E-state index contributed by atoms with van der Waals surface area (Å²) >= 11 is 1.48. The summed E-state index contributed by atoms with van der Waals surface area (Å²) in [5.74, 6) is -0.317. The summed E-state index contributed by atoms with van der Waals surface area (Å²) in [4.78, 5) is 26.9. The van der Waals surface area contributed by atoms with Gasteiger partial charge in [0.25, 0.3) is 5.91 Å². The highest BCUT2D eigenvalue weighted by Crippen LogP contribution is 2.42. The van der Waals surface area contributed by atoms with Crippen molar-refractivity contribution < 1.29 is 22.8 Å². The van der Waals surface area contributed by atoms with Crippen molar-refractivity contribution >= 4 is 35.0 Å². The van der Waals surface area contributed by atoms with Crippen LogP contribution in [-0.2, 0) is 11.0 Å². The van der Waals surface area contributed by atoms with Gasteiger partial charge in [0.2, 0.25) is 5.91 Å². The second kappa shape index (κ2) is 8.70. The molecule has 1 fully saturated rings. The summed E-state index contributed by atoms with van der Waals surface area (Å²) in [5.41, 5.74) is 2.11. The average Bonchev–Trinajstić information content (AvgIpc) is 3.15. The molecule has 1 N–H and O–H groups in total. The van der Waals surface area contributed by atoms with Crippen molar-refractivity contribution in [1.82, 2.24) is 0 Å². The third kappa shape index (κ3) is 4.65. The molecule has 0 aliphatic carbocycles. The molecule has 1 aliphatic heterocycles. The zero-order chi connectivity index (χ0) is 22.9. The molecule has 3 aromatic rings. The minimum absolute atomic E-state index is 0.0102. The number of thioether (sulfide) groups is 1. The van der Waals surface area contributed by atoms with Gasteiger partial charge in [-0.05, 0) is 60.5 Å². The second-order valence-corrected chi connectivity index (χ2v) is 8.49. The number of alkyl halides is 3. The van der Waals surface area contributed by atoms with Gasteiger partial charge >= 0.3 is 6.18 Å². The predicted molar refractivity (Wildman–Crippen MR) is 120 cm³/mol. The third-order valence-corrected chi connectivity index (χ3v) is 6.24. The van der Waals surface area contributed by atoms with Gasteiger partial charge in [-0.2, -0.15) is 13.2 Å². The number of benzene rings is 3. The molecule has 1 heterocycles. The van der Waals surface area contributed by atoms with E-state index in [-0.39, 0.29) is 16.8 Å². The first-order valence-electron chi connectivity index (χ1n) is 9.81. The number of hydrogen-bond acceptors (Lipinski definition) is 3. The van der Waals surface area contributed by atoms with Crippen LogP contribution < -0.4 is 10.2 Å². The second-order valence-electron chi connectivity index (χ2n) is 7.42. The Hall–Kier alpha value is -3.26. The monoisotopic (exact) mass is 456 g/mol. The summed E-state index contributed by atoms with van der Waals surface area (Å²) in [6, 6.07) is 19.0. The highest BCUT2D eigenvalue weighted by atomic mass is 32.2. The van der Waals surface area contributed by atoms with Gasteiger partial charge in [0.1, 0.15) is 5.37 Å². The fourth-order valence-electron chi connectivity index (χ4n) is 3.54. The third-order valence-electron chi connectivity index (χ3n) is 5.03. The van der Waals surface area contributed by atoms with E-state index >= 15 is 0 Å². The van der Waals surface area contributed by atoms with Crippen LogP contribution in [0.5, 0.6) is 0 Å². The fourth-order valence-corrected chi connectivity index (χ4v) is 4.70. The summed E-state index contributed by atoms with van der Waals surface area (Å²) in [5, 5.41) is 2.39. The van der Waals surface area contributed by atoms with E-state index in [1.54, 1.807) is 23.1 Å². The number of anilines is 2. The van der Waals surface area contributed by atoms with Crippen LogP contribution >= 0.6 is 11.8 Å². The molecule has 1 atom stereocenters. The van der Waals surface area contributed by atoms with Gasteiger partial charge in [-0.1, -0.05) is 30.3 Å². The molecule has 0 unspecified atom stereocenters. The molecule has 4 rings (SSSR count). The molecular formula is C24H19F3N2O2S. The van der Waals surface area contributed by atoms with Crippen LogP contribution in [0, 0.1) is 6.92 Å². The first-order chi connectivity index (χ1) is 15.2. The molecule has 32 heavy (non-hydrogen) atoms.